The lowest BCUT2D eigenvalue weighted by Crippen LogP contribution is -2.15. The highest BCUT2D eigenvalue weighted by molar-refractivity contribution is 5.28. The van der Waals surface area contributed by atoms with Crippen molar-refractivity contribution in [2.45, 2.75) is 129 Å². The summed E-state index contributed by atoms with van der Waals surface area (Å²) < 4.78 is 5.93. The van der Waals surface area contributed by atoms with E-state index in [1.54, 1.807) is 0 Å². The molecule has 1 saturated carbocycles. The third-order valence-corrected chi connectivity index (χ3v) is 7.80. The first-order valence-corrected chi connectivity index (χ1v) is 14.8. The van der Waals surface area contributed by atoms with Crippen LogP contribution in [0.2, 0.25) is 0 Å². The first-order chi connectivity index (χ1) is 17.3. The van der Waals surface area contributed by atoms with Crippen LogP contribution in [-0.4, -0.2) is 16.6 Å². The van der Waals surface area contributed by atoms with E-state index < -0.39 is 0 Å². The molecule has 0 bridgehead atoms. The minimum Gasteiger partial charge on any atom is -0.494 e. The molecular formula is C32H50N2O. The first-order valence-electron chi connectivity index (χ1n) is 14.8. The average molecular weight is 479 g/mol. The number of rotatable bonds is 17. The molecule has 0 N–H and O–H groups in total. The summed E-state index contributed by atoms with van der Waals surface area (Å²) in [5.41, 5.74) is 2.58. The first kappa shape index (κ1) is 27.7. The molecule has 0 saturated heterocycles. The Morgan fingerprint density at radius 3 is 1.97 bits per heavy atom. The van der Waals surface area contributed by atoms with E-state index in [0.717, 1.165) is 43.4 Å². The van der Waals surface area contributed by atoms with Gasteiger partial charge < -0.3 is 4.74 Å². The Labute approximate surface area is 215 Å². The fourth-order valence-corrected chi connectivity index (χ4v) is 5.39. The fourth-order valence-electron chi connectivity index (χ4n) is 5.39. The molecule has 1 aromatic carbocycles. The van der Waals surface area contributed by atoms with Gasteiger partial charge in [-0.2, -0.15) is 0 Å². The smallest absolute Gasteiger partial charge is 0.131 e. The number of aryl methyl sites for hydroxylation is 2. The maximum absolute atomic E-state index is 5.93. The maximum Gasteiger partial charge on any atom is 0.131 e. The van der Waals surface area contributed by atoms with Gasteiger partial charge in [-0.3, -0.25) is 0 Å². The highest BCUT2D eigenvalue weighted by Crippen LogP contribution is 2.36. The van der Waals surface area contributed by atoms with Crippen LogP contribution in [0.3, 0.4) is 0 Å². The third kappa shape index (κ3) is 10.7. The Kier molecular flexibility index (Phi) is 13.2. The van der Waals surface area contributed by atoms with Gasteiger partial charge in [0.2, 0.25) is 0 Å². The predicted molar refractivity (Wildman–Crippen MR) is 148 cm³/mol. The Morgan fingerprint density at radius 2 is 1.29 bits per heavy atom. The van der Waals surface area contributed by atoms with E-state index in [2.05, 4.69) is 50.5 Å². The Hall–Kier alpha value is -1.90. The zero-order valence-electron chi connectivity index (χ0n) is 22.6. The van der Waals surface area contributed by atoms with Crippen LogP contribution in [0.4, 0.5) is 0 Å². The van der Waals surface area contributed by atoms with Crippen molar-refractivity contribution in [2.75, 3.05) is 6.61 Å². The van der Waals surface area contributed by atoms with Gasteiger partial charge in [-0.15, -0.1) is 0 Å². The fraction of sp³-hybridized carbons (Fsp3) is 0.688. The zero-order valence-corrected chi connectivity index (χ0v) is 22.6. The summed E-state index contributed by atoms with van der Waals surface area (Å²) in [7, 11) is 0. The summed E-state index contributed by atoms with van der Waals surface area (Å²) in [6.45, 7) is 5.39. The van der Waals surface area contributed by atoms with Gasteiger partial charge in [0.1, 0.15) is 11.6 Å². The van der Waals surface area contributed by atoms with Crippen LogP contribution in [-0.2, 0) is 12.8 Å². The number of hydrogen-bond donors (Lipinski definition) is 0. The number of nitrogens with zero attached hydrogens (tertiary/aromatic N) is 2. The van der Waals surface area contributed by atoms with Crippen molar-refractivity contribution in [3.63, 3.8) is 0 Å². The van der Waals surface area contributed by atoms with Gasteiger partial charge in [0.05, 0.1) is 6.61 Å². The van der Waals surface area contributed by atoms with E-state index in [-0.39, 0.29) is 0 Å². The molecule has 194 valence electrons. The van der Waals surface area contributed by atoms with Crippen LogP contribution in [0.5, 0.6) is 5.75 Å². The lowest BCUT2D eigenvalue weighted by Gasteiger charge is -2.27. The Bertz CT molecular complexity index is 778. The van der Waals surface area contributed by atoms with Gasteiger partial charge in [-0.05, 0) is 74.1 Å². The highest BCUT2D eigenvalue weighted by Gasteiger charge is 2.23. The molecule has 35 heavy (non-hydrogen) atoms. The van der Waals surface area contributed by atoms with Crippen molar-refractivity contribution in [3.05, 3.63) is 53.6 Å². The molecule has 0 aliphatic heterocycles. The van der Waals surface area contributed by atoms with Crippen molar-refractivity contribution in [1.29, 1.82) is 0 Å². The minimum atomic E-state index is 0.570. The molecule has 0 radical (unpaired) electrons. The Morgan fingerprint density at radius 1 is 0.686 bits per heavy atom. The second-order valence-electron chi connectivity index (χ2n) is 10.8. The van der Waals surface area contributed by atoms with E-state index in [1.807, 2.05) is 0 Å². The van der Waals surface area contributed by atoms with Gasteiger partial charge >= 0.3 is 0 Å². The average Bonchev–Trinajstić information content (AvgIpc) is 2.90. The van der Waals surface area contributed by atoms with E-state index in [4.69, 9.17) is 14.7 Å². The molecule has 1 aromatic heterocycles. The number of hydrogen-bond acceptors (Lipinski definition) is 3. The van der Waals surface area contributed by atoms with Gasteiger partial charge in [0, 0.05) is 18.3 Å². The SMILES string of the molecule is CCCCCCCCCOc1ccc(CCc2cnc(C3CCC(CCCCC)CC3)nc2)cc1. The number of benzene rings is 1. The highest BCUT2D eigenvalue weighted by atomic mass is 16.5. The molecule has 1 heterocycles. The van der Waals surface area contributed by atoms with E-state index in [1.165, 1.54) is 101 Å². The van der Waals surface area contributed by atoms with Crippen LogP contribution in [0.15, 0.2) is 36.7 Å². The van der Waals surface area contributed by atoms with Crippen LogP contribution < -0.4 is 4.74 Å². The lowest BCUT2D eigenvalue weighted by atomic mass is 9.79. The molecule has 0 amide bonds. The largest absolute Gasteiger partial charge is 0.494 e. The van der Waals surface area contributed by atoms with Crippen LogP contribution in [0.1, 0.15) is 133 Å². The van der Waals surface area contributed by atoms with E-state index in [0.29, 0.717) is 5.92 Å². The normalized spacial score (nSPS) is 18.0. The molecule has 3 heteroatoms. The second kappa shape index (κ2) is 16.7. The predicted octanol–water partition coefficient (Wildman–Crippen LogP) is 9.25. The van der Waals surface area contributed by atoms with Crippen molar-refractivity contribution in [1.82, 2.24) is 9.97 Å². The molecule has 0 spiro atoms. The molecule has 1 aliphatic rings. The lowest BCUT2D eigenvalue weighted by molar-refractivity contribution is 0.297. The van der Waals surface area contributed by atoms with Gasteiger partial charge in [0.25, 0.3) is 0 Å². The summed E-state index contributed by atoms with van der Waals surface area (Å²) >= 11 is 0. The summed E-state index contributed by atoms with van der Waals surface area (Å²) in [5.74, 6) is 3.57. The Balaban J connectivity index is 1.31. The second-order valence-corrected chi connectivity index (χ2v) is 10.8. The quantitative estimate of drug-likeness (QED) is 0.212. The molecule has 2 aromatic rings. The van der Waals surface area contributed by atoms with Gasteiger partial charge in [-0.1, -0.05) is 90.2 Å². The standard InChI is InChI=1S/C32H50N2O/c1-3-5-7-8-9-10-12-24-35-31-22-18-28(19-23-31)14-15-29-25-33-32(34-26-29)30-20-16-27(17-21-30)13-11-6-4-2/h18-19,22-23,25-27,30H,3-17,20-21,24H2,1-2H3. The van der Waals surface area contributed by atoms with Gasteiger partial charge in [0.15, 0.2) is 0 Å². The summed E-state index contributed by atoms with van der Waals surface area (Å²) in [6, 6.07) is 8.64. The molecule has 3 rings (SSSR count). The molecule has 1 fully saturated rings. The summed E-state index contributed by atoms with van der Waals surface area (Å²) in [6.07, 6.45) is 26.2. The maximum atomic E-state index is 5.93. The van der Waals surface area contributed by atoms with E-state index in [9.17, 15) is 0 Å². The van der Waals surface area contributed by atoms with Crippen LogP contribution in [0.25, 0.3) is 0 Å². The number of ether oxygens (including phenoxy) is 1. The van der Waals surface area contributed by atoms with Crippen molar-refractivity contribution < 1.29 is 4.74 Å². The minimum absolute atomic E-state index is 0.570. The van der Waals surface area contributed by atoms with Crippen LogP contribution >= 0.6 is 0 Å². The van der Waals surface area contributed by atoms with Crippen molar-refractivity contribution >= 4 is 0 Å². The zero-order chi connectivity index (χ0) is 24.6. The number of unbranched alkanes of at least 4 members (excludes halogenated alkanes) is 8. The topological polar surface area (TPSA) is 35.0 Å². The summed E-state index contributed by atoms with van der Waals surface area (Å²) in [4.78, 5) is 9.54. The van der Waals surface area contributed by atoms with E-state index >= 15 is 0 Å². The molecule has 3 nitrogen and oxygen atoms in total. The van der Waals surface area contributed by atoms with Crippen molar-refractivity contribution in [3.8, 4) is 5.75 Å². The molecule has 0 atom stereocenters. The number of aromatic nitrogens is 2. The molecular weight excluding hydrogens is 428 g/mol. The molecule has 0 unspecified atom stereocenters. The molecule has 1 aliphatic carbocycles. The van der Waals surface area contributed by atoms with Crippen molar-refractivity contribution in [2.24, 2.45) is 5.92 Å². The van der Waals surface area contributed by atoms with Crippen LogP contribution in [0, 0.1) is 5.92 Å². The third-order valence-electron chi connectivity index (χ3n) is 7.80. The van der Waals surface area contributed by atoms with Gasteiger partial charge in [-0.25, -0.2) is 9.97 Å². The monoisotopic (exact) mass is 478 g/mol. The summed E-state index contributed by atoms with van der Waals surface area (Å²) in [5, 5.41) is 0.